The first-order valence-corrected chi connectivity index (χ1v) is 6.67. The molecule has 2 nitrogen and oxygen atoms in total. The second-order valence-corrected chi connectivity index (χ2v) is 5.25. The van der Waals surface area contributed by atoms with Crippen LogP contribution in [0.15, 0.2) is 35.4 Å². The molecule has 2 bridgehead atoms. The summed E-state index contributed by atoms with van der Waals surface area (Å²) < 4.78 is 11.1. The fourth-order valence-corrected chi connectivity index (χ4v) is 2.83. The van der Waals surface area contributed by atoms with Crippen molar-refractivity contribution < 1.29 is 9.47 Å². The highest BCUT2D eigenvalue weighted by atomic mass is 16.5. The summed E-state index contributed by atoms with van der Waals surface area (Å²) in [6.45, 7) is 4.34. The van der Waals surface area contributed by atoms with Crippen molar-refractivity contribution in [3.05, 3.63) is 41.0 Å². The van der Waals surface area contributed by atoms with Crippen LogP contribution in [0.3, 0.4) is 0 Å². The highest BCUT2D eigenvalue weighted by Crippen LogP contribution is 2.42. The van der Waals surface area contributed by atoms with Gasteiger partial charge in [-0.25, -0.2) is 0 Å². The minimum atomic E-state index is 0.218. The van der Waals surface area contributed by atoms with E-state index in [0.29, 0.717) is 12.0 Å². The molecule has 2 heterocycles. The Bertz CT molecular complexity index is 572. The molecule has 2 heteroatoms. The average Bonchev–Trinajstić information content (AvgIpc) is 2.98. The van der Waals surface area contributed by atoms with E-state index in [9.17, 15) is 0 Å². The largest absolute Gasteiger partial charge is 0.497 e. The molecule has 1 aromatic rings. The molecule has 3 rings (SSSR count). The smallest absolute Gasteiger partial charge is 0.118 e. The molecule has 0 amide bonds. The summed E-state index contributed by atoms with van der Waals surface area (Å²) in [4.78, 5) is 0. The molecule has 1 fully saturated rings. The molecule has 98 valence electrons. The van der Waals surface area contributed by atoms with E-state index in [1.54, 1.807) is 7.11 Å². The van der Waals surface area contributed by atoms with Crippen LogP contribution in [0.5, 0.6) is 5.75 Å². The molecule has 1 aromatic carbocycles. The molecule has 1 saturated heterocycles. The van der Waals surface area contributed by atoms with Crippen LogP contribution in [0.25, 0.3) is 0 Å². The van der Waals surface area contributed by atoms with E-state index in [-0.39, 0.29) is 6.10 Å². The van der Waals surface area contributed by atoms with Gasteiger partial charge in [0.15, 0.2) is 0 Å². The Kier molecular flexibility index (Phi) is 3.08. The van der Waals surface area contributed by atoms with E-state index >= 15 is 0 Å². The van der Waals surface area contributed by atoms with Gasteiger partial charge < -0.3 is 9.47 Å². The van der Waals surface area contributed by atoms with Crippen molar-refractivity contribution in [2.45, 2.75) is 32.5 Å². The Balaban J connectivity index is 1.75. The minimum absolute atomic E-state index is 0.218. The molecule has 0 aromatic heterocycles. The molecule has 0 N–H and O–H groups in total. The zero-order valence-corrected chi connectivity index (χ0v) is 11.6. The standard InChI is InChI=1S/C17H18O2/c1-11-12(2)17-14(10-16(11)19-17)7-4-13-5-8-15(18-3)9-6-13/h5-6,8-9,14,16-17H,10H2,1-3H3. The first-order chi connectivity index (χ1) is 9.19. The summed E-state index contributed by atoms with van der Waals surface area (Å²) in [7, 11) is 1.67. The van der Waals surface area contributed by atoms with Crippen LogP contribution in [0.1, 0.15) is 25.8 Å². The highest BCUT2D eigenvalue weighted by Gasteiger charge is 2.42. The fourth-order valence-electron chi connectivity index (χ4n) is 2.83. The molecule has 3 unspecified atom stereocenters. The zero-order chi connectivity index (χ0) is 13.4. The van der Waals surface area contributed by atoms with Gasteiger partial charge >= 0.3 is 0 Å². The molecular formula is C17H18O2. The van der Waals surface area contributed by atoms with Crippen LogP contribution in [0.2, 0.25) is 0 Å². The normalized spacial score (nSPS) is 28.3. The quantitative estimate of drug-likeness (QED) is 0.566. The van der Waals surface area contributed by atoms with Gasteiger partial charge in [-0.1, -0.05) is 11.8 Å². The third-order valence-corrected chi connectivity index (χ3v) is 4.17. The second-order valence-electron chi connectivity index (χ2n) is 5.25. The molecular weight excluding hydrogens is 236 g/mol. The summed E-state index contributed by atoms with van der Waals surface area (Å²) in [6.07, 6.45) is 1.56. The molecule has 0 radical (unpaired) electrons. The van der Waals surface area contributed by atoms with Gasteiger partial charge in [-0.2, -0.15) is 0 Å². The van der Waals surface area contributed by atoms with Crippen LogP contribution in [-0.2, 0) is 4.74 Å². The topological polar surface area (TPSA) is 18.5 Å². The van der Waals surface area contributed by atoms with Gasteiger partial charge in [-0.3, -0.25) is 0 Å². The summed E-state index contributed by atoms with van der Waals surface area (Å²) in [5.41, 5.74) is 3.82. The number of methoxy groups -OCH3 is 1. The number of ether oxygens (including phenoxy) is 2. The van der Waals surface area contributed by atoms with Crippen molar-refractivity contribution in [2.24, 2.45) is 5.92 Å². The van der Waals surface area contributed by atoms with E-state index in [2.05, 4.69) is 25.7 Å². The average molecular weight is 254 g/mol. The predicted molar refractivity (Wildman–Crippen MR) is 75.0 cm³/mol. The Morgan fingerprint density at radius 3 is 2.47 bits per heavy atom. The van der Waals surface area contributed by atoms with Gasteiger partial charge in [0, 0.05) is 5.56 Å². The van der Waals surface area contributed by atoms with Crippen molar-refractivity contribution in [3.8, 4) is 17.6 Å². The number of hydrogen-bond acceptors (Lipinski definition) is 2. The molecule has 0 spiro atoms. The van der Waals surface area contributed by atoms with Gasteiger partial charge in [0.2, 0.25) is 0 Å². The first-order valence-electron chi connectivity index (χ1n) is 6.67. The maximum atomic E-state index is 5.94. The van der Waals surface area contributed by atoms with Gasteiger partial charge in [0.1, 0.15) is 5.75 Å². The second kappa shape index (κ2) is 4.75. The summed E-state index contributed by atoms with van der Waals surface area (Å²) in [5.74, 6) is 7.83. The van der Waals surface area contributed by atoms with E-state index in [1.807, 2.05) is 24.3 Å². The molecule has 19 heavy (non-hydrogen) atoms. The minimum Gasteiger partial charge on any atom is -0.497 e. The van der Waals surface area contributed by atoms with E-state index in [4.69, 9.17) is 9.47 Å². The summed E-state index contributed by atoms with van der Waals surface area (Å²) in [5, 5.41) is 0. The Hall–Kier alpha value is -1.72. The Morgan fingerprint density at radius 2 is 1.89 bits per heavy atom. The Labute approximate surface area is 114 Å². The van der Waals surface area contributed by atoms with E-state index in [0.717, 1.165) is 17.7 Å². The van der Waals surface area contributed by atoms with Crippen LogP contribution in [0.4, 0.5) is 0 Å². The molecule has 0 aliphatic carbocycles. The van der Waals surface area contributed by atoms with Crippen molar-refractivity contribution in [2.75, 3.05) is 7.11 Å². The zero-order valence-electron chi connectivity index (χ0n) is 11.6. The molecule has 2 aliphatic heterocycles. The predicted octanol–water partition coefficient (Wildman–Crippen LogP) is 3.17. The lowest BCUT2D eigenvalue weighted by molar-refractivity contribution is 0.106. The summed E-state index contributed by atoms with van der Waals surface area (Å²) >= 11 is 0. The molecule has 3 atom stereocenters. The van der Waals surface area contributed by atoms with Crippen LogP contribution >= 0.6 is 0 Å². The van der Waals surface area contributed by atoms with Crippen molar-refractivity contribution in [1.82, 2.24) is 0 Å². The monoisotopic (exact) mass is 254 g/mol. The maximum Gasteiger partial charge on any atom is 0.118 e. The van der Waals surface area contributed by atoms with Gasteiger partial charge in [0.05, 0.1) is 25.2 Å². The fraction of sp³-hybridized carbons (Fsp3) is 0.412. The van der Waals surface area contributed by atoms with Gasteiger partial charge in [-0.15, -0.1) is 0 Å². The lowest BCUT2D eigenvalue weighted by Crippen LogP contribution is -2.16. The van der Waals surface area contributed by atoms with Crippen LogP contribution in [0, 0.1) is 17.8 Å². The van der Waals surface area contributed by atoms with Crippen molar-refractivity contribution >= 4 is 0 Å². The lowest BCUT2D eigenvalue weighted by atomic mass is 9.85. The summed E-state index contributed by atoms with van der Waals surface area (Å²) in [6, 6.07) is 7.87. The third-order valence-electron chi connectivity index (χ3n) is 4.17. The highest BCUT2D eigenvalue weighted by molar-refractivity contribution is 5.40. The molecule has 2 aliphatic rings. The van der Waals surface area contributed by atoms with Crippen molar-refractivity contribution in [3.63, 3.8) is 0 Å². The lowest BCUT2D eigenvalue weighted by Gasteiger charge is -2.15. The number of hydrogen-bond donors (Lipinski definition) is 0. The first kappa shape index (κ1) is 12.3. The van der Waals surface area contributed by atoms with E-state index in [1.165, 1.54) is 11.1 Å². The number of benzene rings is 1. The maximum absolute atomic E-state index is 5.94. The van der Waals surface area contributed by atoms with Crippen LogP contribution < -0.4 is 4.74 Å². The van der Waals surface area contributed by atoms with Gasteiger partial charge in [0.25, 0.3) is 0 Å². The van der Waals surface area contributed by atoms with Gasteiger partial charge in [-0.05, 0) is 55.7 Å². The van der Waals surface area contributed by atoms with Crippen LogP contribution in [-0.4, -0.2) is 19.3 Å². The molecule has 0 saturated carbocycles. The third kappa shape index (κ3) is 2.15. The van der Waals surface area contributed by atoms with E-state index < -0.39 is 0 Å². The Morgan fingerprint density at radius 1 is 1.16 bits per heavy atom. The SMILES string of the molecule is COc1ccc(C#CC2CC3OC2C(C)=C3C)cc1. The number of rotatable bonds is 1. The van der Waals surface area contributed by atoms with Crippen molar-refractivity contribution in [1.29, 1.82) is 0 Å². The number of fused-ring (bicyclic) bond motifs is 2.